The number of aromatic nitrogens is 1. The maximum absolute atomic E-state index is 12.9. The number of rotatable bonds is 8. The summed E-state index contributed by atoms with van der Waals surface area (Å²) in [6, 6.07) is 12.4. The second-order valence-electron chi connectivity index (χ2n) is 8.39. The Morgan fingerprint density at radius 3 is 2.38 bits per heavy atom. The Hall–Kier alpha value is -4.14. The van der Waals surface area contributed by atoms with E-state index in [1.165, 1.54) is 60.8 Å². The van der Waals surface area contributed by atoms with Crippen LogP contribution in [0.25, 0.3) is 0 Å². The predicted octanol–water partition coefficient (Wildman–Crippen LogP) is 4.79. The number of nitrogens with zero attached hydrogens (tertiary/aromatic N) is 3. The van der Waals surface area contributed by atoms with Crippen molar-refractivity contribution < 1.29 is 28.3 Å². The minimum absolute atomic E-state index is 0.0728. The lowest BCUT2D eigenvalue weighted by molar-refractivity contribution is -0.384. The first kappa shape index (κ1) is 27.9. The normalized spacial score (nSPS) is 15.0. The number of hydrogen-bond acceptors (Lipinski definition) is 8. The molecule has 1 amide bonds. The van der Waals surface area contributed by atoms with Crippen LogP contribution in [-0.4, -0.2) is 50.8 Å². The van der Waals surface area contributed by atoms with Gasteiger partial charge in [0.25, 0.3) is 11.6 Å². The fourth-order valence-corrected chi connectivity index (χ4v) is 4.07. The second kappa shape index (κ2) is 11.7. The lowest BCUT2D eigenvalue weighted by Gasteiger charge is -2.22. The van der Waals surface area contributed by atoms with Crippen molar-refractivity contribution in [1.29, 1.82) is 0 Å². The maximum Gasteiger partial charge on any atom is 0.487 e. The van der Waals surface area contributed by atoms with Crippen LogP contribution in [0.4, 0.5) is 37.3 Å². The molecule has 204 valence electrons. The van der Waals surface area contributed by atoms with E-state index in [0.29, 0.717) is 42.4 Å². The molecule has 0 aliphatic carbocycles. The van der Waals surface area contributed by atoms with Gasteiger partial charge in [-0.1, -0.05) is 0 Å². The third kappa shape index (κ3) is 7.69. The molecule has 1 aliphatic heterocycles. The molecule has 1 fully saturated rings. The quantitative estimate of drug-likeness (QED) is 0.127. The molecule has 0 radical (unpaired) electrons. The molecule has 1 aromatic heterocycles. The first-order valence-corrected chi connectivity index (χ1v) is 12.2. The summed E-state index contributed by atoms with van der Waals surface area (Å²) in [5.41, 5.74) is -2.59. The van der Waals surface area contributed by atoms with Gasteiger partial charge in [-0.3, -0.25) is 14.9 Å². The number of anilines is 4. The van der Waals surface area contributed by atoms with Crippen molar-refractivity contribution in [3.8, 4) is 5.75 Å². The van der Waals surface area contributed by atoms with Gasteiger partial charge in [0.15, 0.2) is 10.9 Å². The van der Waals surface area contributed by atoms with E-state index < -0.39 is 22.5 Å². The fraction of sp³-hybridized carbons (Fsp3) is 0.208. The Morgan fingerprint density at radius 1 is 1.15 bits per heavy atom. The fourth-order valence-electron chi connectivity index (χ4n) is 3.75. The number of carbonyl (C=O) groups is 1. The van der Waals surface area contributed by atoms with Crippen LogP contribution in [0.1, 0.15) is 16.8 Å². The average molecular weight is 579 g/mol. The van der Waals surface area contributed by atoms with Crippen LogP contribution in [-0.2, 0) is 0 Å². The van der Waals surface area contributed by atoms with E-state index in [1.54, 1.807) is 0 Å². The van der Waals surface area contributed by atoms with Crippen molar-refractivity contribution in [1.82, 2.24) is 4.98 Å². The number of β-amino-alcohol motifs (C(OH)–C–C–N with tert-alkyl or cyclic N) is 1. The number of carbonyl (C=O) groups excluding carboxylic acids is 1. The zero-order chi connectivity index (χ0) is 28.2. The zero-order valence-electron chi connectivity index (χ0n) is 19.9. The SMILES string of the molecule is O=C(Nc1ccc(OC(F)(F)Cl)cc1)c1cnc(N2CC[C@@H](O)C2)c(NC(=S)Nc2ccc([N+](=O)[O-])cc2)c1. The number of aliphatic hydroxyl groups is 1. The van der Waals surface area contributed by atoms with Crippen LogP contribution in [0.3, 0.4) is 0 Å². The Kier molecular flexibility index (Phi) is 8.38. The molecule has 39 heavy (non-hydrogen) atoms. The number of benzene rings is 2. The summed E-state index contributed by atoms with van der Waals surface area (Å²) in [7, 11) is 0. The van der Waals surface area contributed by atoms with Crippen LogP contribution in [0, 0.1) is 10.1 Å². The molecule has 2 aromatic carbocycles. The van der Waals surface area contributed by atoms with Gasteiger partial charge in [0.1, 0.15) is 5.75 Å². The van der Waals surface area contributed by atoms with Gasteiger partial charge in [0.05, 0.1) is 22.3 Å². The largest absolute Gasteiger partial charge is 0.487 e. The van der Waals surface area contributed by atoms with E-state index in [9.17, 15) is 28.8 Å². The van der Waals surface area contributed by atoms with Gasteiger partial charge in [-0.05, 0) is 61.1 Å². The number of halogens is 3. The number of thiocarbonyl (C=S) groups is 1. The van der Waals surface area contributed by atoms with E-state index in [4.69, 9.17) is 23.8 Å². The third-order valence-corrected chi connectivity index (χ3v) is 5.80. The van der Waals surface area contributed by atoms with E-state index in [2.05, 4.69) is 25.7 Å². The first-order valence-electron chi connectivity index (χ1n) is 11.4. The lowest BCUT2D eigenvalue weighted by Crippen LogP contribution is -2.26. The number of non-ortho nitro benzene ring substituents is 1. The molecule has 1 saturated heterocycles. The number of alkyl halides is 3. The number of hydrogen-bond donors (Lipinski definition) is 4. The number of nitro benzene ring substituents is 1. The Morgan fingerprint density at radius 2 is 1.79 bits per heavy atom. The zero-order valence-corrected chi connectivity index (χ0v) is 21.5. The highest BCUT2D eigenvalue weighted by atomic mass is 35.5. The van der Waals surface area contributed by atoms with Crippen LogP contribution >= 0.6 is 23.8 Å². The standard InChI is InChI=1S/C24H21ClF2N6O5S/c25-24(26,27)38-19-7-3-15(4-8-19)29-22(35)14-11-20(21(28-12-14)32-10-9-18(34)13-32)31-23(39)30-16-1-5-17(6-2-16)33(36)37/h1-8,11-12,18,34H,9-10,13H2,(H,29,35)(H2,30,31,39)/t18-/m1/s1. The van der Waals surface area contributed by atoms with E-state index in [-0.39, 0.29) is 22.1 Å². The molecule has 11 nitrogen and oxygen atoms in total. The van der Waals surface area contributed by atoms with Gasteiger partial charge in [-0.2, -0.15) is 0 Å². The van der Waals surface area contributed by atoms with Gasteiger partial charge in [0, 0.05) is 54.4 Å². The molecule has 4 rings (SSSR count). The molecule has 1 aliphatic rings. The van der Waals surface area contributed by atoms with Gasteiger partial charge in [-0.25, -0.2) is 4.98 Å². The minimum Gasteiger partial charge on any atom is -0.420 e. The summed E-state index contributed by atoms with van der Waals surface area (Å²) in [6.07, 6.45) is 1.38. The first-order chi connectivity index (χ1) is 18.5. The summed E-state index contributed by atoms with van der Waals surface area (Å²) in [4.78, 5) is 29.5. The highest BCUT2D eigenvalue weighted by Crippen LogP contribution is 2.29. The molecule has 3 aromatic rings. The van der Waals surface area contributed by atoms with Crippen molar-refractivity contribution >= 4 is 63.4 Å². The van der Waals surface area contributed by atoms with Gasteiger partial charge >= 0.3 is 5.57 Å². The molecule has 0 spiro atoms. The maximum atomic E-state index is 12.9. The highest BCUT2D eigenvalue weighted by molar-refractivity contribution is 7.80. The molecule has 0 bridgehead atoms. The van der Waals surface area contributed by atoms with Crippen molar-refractivity contribution in [3.05, 3.63) is 76.5 Å². The van der Waals surface area contributed by atoms with Crippen molar-refractivity contribution in [3.63, 3.8) is 0 Å². The second-order valence-corrected chi connectivity index (χ2v) is 9.24. The monoisotopic (exact) mass is 578 g/mol. The number of nitrogens with one attached hydrogen (secondary N) is 3. The summed E-state index contributed by atoms with van der Waals surface area (Å²) in [5.74, 6) is -0.268. The molecular weight excluding hydrogens is 558 g/mol. The molecule has 15 heteroatoms. The average Bonchev–Trinajstić information content (AvgIpc) is 3.30. The number of ether oxygens (including phenoxy) is 1. The third-order valence-electron chi connectivity index (χ3n) is 5.52. The Labute approximate surface area is 230 Å². The molecular formula is C24H21ClF2N6O5S. The van der Waals surface area contributed by atoms with Crippen molar-refractivity contribution in [2.45, 2.75) is 18.1 Å². The predicted molar refractivity (Wildman–Crippen MR) is 146 cm³/mol. The highest BCUT2D eigenvalue weighted by Gasteiger charge is 2.28. The Bertz CT molecular complexity index is 1370. The molecule has 4 N–H and O–H groups in total. The van der Waals surface area contributed by atoms with Crippen molar-refractivity contribution in [2.75, 3.05) is 33.9 Å². The van der Waals surface area contributed by atoms with Crippen LogP contribution in [0.5, 0.6) is 5.75 Å². The van der Waals surface area contributed by atoms with E-state index in [1.807, 2.05) is 4.90 Å². The topological polar surface area (TPSA) is 142 Å². The number of nitro groups is 1. The molecule has 0 saturated carbocycles. The number of amides is 1. The minimum atomic E-state index is -3.86. The lowest BCUT2D eigenvalue weighted by atomic mass is 10.2. The van der Waals surface area contributed by atoms with Crippen LogP contribution in [0.2, 0.25) is 0 Å². The van der Waals surface area contributed by atoms with E-state index >= 15 is 0 Å². The van der Waals surface area contributed by atoms with Gasteiger partial charge in [-0.15, -0.1) is 8.78 Å². The summed E-state index contributed by atoms with van der Waals surface area (Å²) < 4.78 is 29.9. The smallest absolute Gasteiger partial charge is 0.420 e. The number of aliphatic hydroxyl groups excluding tert-OH is 1. The molecule has 2 heterocycles. The van der Waals surface area contributed by atoms with Crippen LogP contribution in [0.15, 0.2) is 60.8 Å². The number of pyridine rings is 1. The van der Waals surface area contributed by atoms with Crippen LogP contribution < -0.4 is 25.6 Å². The summed E-state index contributed by atoms with van der Waals surface area (Å²) in [6.45, 7) is 0.873. The van der Waals surface area contributed by atoms with Crippen molar-refractivity contribution in [2.24, 2.45) is 0 Å². The van der Waals surface area contributed by atoms with Gasteiger partial charge in [0.2, 0.25) is 0 Å². The van der Waals surface area contributed by atoms with E-state index in [0.717, 1.165) is 0 Å². The molecule has 0 unspecified atom stereocenters. The van der Waals surface area contributed by atoms with Gasteiger partial charge < -0.3 is 30.7 Å². The summed E-state index contributed by atoms with van der Waals surface area (Å²) in [5, 5.41) is 29.5. The molecule has 1 atom stereocenters. The summed E-state index contributed by atoms with van der Waals surface area (Å²) >= 11 is 10.2. The Balaban J connectivity index is 1.51.